The molecule has 6 heteroatoms. The second-order valence-electron chi connectivity index (χ2n) is 9.75. The first kappa shape index (κ1) is 18.5. The van der Waals surface area contributed by atoms with Crippen LogP contribution in [0.25, 0.3) is 0 Å². The van der Waals surface area contributed by atoms with Crippen LogP contribution in [0.3, 0.4) is 0 Å². The highest BCUT2D eigenvalue weighted by molar-refractivity contribution is 5.68. The van der Waals surface area contributed by atoms with Crippen LogP contribution in [0, 0.1) is 5.92 Å². The van der Waals surface area contributed by atoms with Crippen LogP contribution >= 0.6 is 0 Å². The zero-order chi connectivity index (χ0) is 18.5. The van der Waals surface area contributed by atoms with E-state index in [4.69, 9.17) is 4.74 Å². The number of likely N-dealkylation sites (N-methyl/N-ethyl adjacent to an activating group) is 1. The molecule has 5 aliphatic heterocycles. The number of piperazine rings is 1. The van der Waals surface area contributed by atoms with Gasteiger partial charge in [0.1, 0.15) is 5.60 Å². The standard InChI is InChI=1S/C20H36N4O2/c1-20(2,3)26-19(25)24-11-9-22(10-12-24)14-16-13-17-18(21(16)4)15-5-7-23(17)8-6-15/h15-18H,5-14H2,1-4H3. The van der Waals surface area contributed by atoms with Gasteiger partial charge in [0.25, 0.3) is 0 Å². The summed E-state index contributed by atoms with van der Waals surface area (Å²) in [7, 11) is 2.36. The Bertz CT molecular complexity index is 518. The third kappa shape index (κ3) is 3.60. The normalized spacial score (nSPS) is 38.5. The fourth-order valence-corrected chi connectivity index (χ4v) is 5.64. The largest absolute Gasteiger partial charge is 0.444 e. The first-order valence-corrected chi connectivity index (χ1v) is 10.5. The van der Waals surface area contributed by atoms with E-state index in [0.29, 0.717) is 6.04 Å². The molecule has 0 saturated carbocycles. The summed E-state index contributed by atoms with van der Waals surface area (Å²) in [5.74, 6) is 0.920. The number of hydrogen-bond donors (Lipinski definition) is 0. The van der Waals surface area contributed by atoms with Crippen LogP contribution in [0.1, 0.15) is 40.0 Å². The van der Waals surface area contributed by atoms with Gasteiger partial charge in [-0.1, -0.05) is 0 Å². The molecule has 5 saturated heterocycles. The van der Waals surface area contributed by atoms with Gasteiger partial charge in [-0.25, -0.2) is 4.79 Å². The molecule has 0 aromatic rings. The molecule has 2 bridgehead atoms. The molecule has 3 unspecified atom stereocenters. The average Bonchev–Trinajstić information content (AvgIpc) is 2.94. The van der Waals surface area contributed by atoms with Gasteiger partial charge in [-0.2, -0.15) is 0 Å². The number of ether oxygens (including phenoxy) is 1. The highest BCUT2D eigenvalue weighted by atomic mass is 16.6. The van der Waals surface area contributed by atoms with Gasteiger partial charge in [0.15, 0.2) is 0 Å². The Morgan fingerprint density at radius 2 is 1.69 bits per heavy atom. The monoisotopic (exact) mass is 364 g/mol. The van der Waals surface area contributed by atoms with Crippen LogP contribution in [0.5, 0.6) is 0 Å². The van der Waals surface area contributed by atoms with Crippen LogP contribution in [0.2, 0.25) is 0 Å². The van der Waals surface area contributed by atoms with Gasteiger partial charge in [-0.15, -0.1) is 0 Å². The molecule has 0 N–H and O–H groups in total. The third-order valence-corrected chi connectivity index (χ3v) is 6.97. The van der Waals surface area contributed by atoms with Gasteiger partial charge in [0, 0.05) is 50.8 Å². The minimum atomic E-state index is -0.411. The Kier molecular flexibility index (Phi) is 4.95. The lowest BCUT2D eigenvalue weighted by Crippen LogP contribution is -2.58. The SMILES string of the molecule is CN1C(CN2CCN(C(=O)OC(C)(C)C)CC2)CC2C1C1CCN2CC1. The summed E-state index contributed by atoms with van der Waals surface area (Å²) in [5.41, 5.74) is -0.411. The topological polar surface area (TPSA) is 39.3 Å². The van der Waals surface area contributed by atoms with Gasteiger partial charge in [0.05, 0.1) is 0 Å². The van der Waals surface area contributed by atoms with E-state index in [-0.39, 0.29) is 6.09 Å². The van der Waals surface area contributed by atoms with E-state index in [9.17, 15) is 4.79 Å². The molecule has 0 aliphatic carbocycles. The third-order valence-electron chi connectivity index (χ3n) is 6.97. The quantitative estimate of drug-likeness (QED) is 0.746. The summed E-state index contributed by atoms with van der Waals surface area (Å²) in [4.78, 5) is 22.1. The zero-order valence-electron chi connectivity index (χ0n) is 17.0. The van der Waals surface area contributed by atoms with Gasteiger partial charge in [-0.05, 0) is 66.1 Å². The van der Waals surface area contributed by atoms with E-state index in [0.717, 1.165) is 50.7 Å². The predicted molar refractivity (Wildman–Crippen MR) is 102 cm³/mol. The van der Waals surface area contributed by atoms with Crippen LogP contribution in [0.4, 0.5) is 4.79 Å². The number of amides is 1. The number of piperidine rings is 3. The molecule has 5 rings (SSSR count). The molecule has 0 aromatic heterocycles. The molecular formula is C20H36N4O2. The summed E-state index contributed by atoms with van der Waals surface area (Å²) in [6.45, 7) is 13.1. The number of likely N-dealkylation sites (tertiary alicyclic amines) is 1. The van der Waals surface area contributed by atoms with E-state index >= 15 is 0 Å². The Labute approximate surface area is 158 Å². The van der Waals surface area contributed by atoms with E-state index in [2.05, 4.69) is 21.7 Å². The molecule has 0 aromatic carbocycles. The molecule has 26 heavy (non-hydrogen) atoms. The van der Waals surface area contributed by atoms with Gasteiger partial charge in [-0.3, -0.25) is 14.7 Å². The second kappa shape index (κ2) is 6.95. The van der Waals surface area contributed by atoms with Crippen molar-refractivity contribution in [3.05, 3.63) is 0 Å². The molecule has 0 spiro atoms. The maximum Gasteiger partial charge on any atom is 0.410 e. The predicted octanol–water partition coefficient (Wildman–Crippen LogP) is 1.71. The molecule has 5 aliphatic rings. The summed E-state index contributed by atoms with van der Waals surface area (Å²) < 4.78 is 5.51. The Morgan fingerprint density at radius 1 is 1.04 bits per heavy atom. The maximum atomic E-state index is 12.2. The Hall–Kier alpha value is -0.850. The first-order chi connectivity index (χ1) is 12.3. The number of carbonyl (C=O) groups excluding carboxylic acids is 1. The van der Waals surface area contributed by atoms with Crippen LogP contribution in [-0.2, 0) is 4.74 Å². The Morgan fingerprint density at radius 3 is 2.27 bits per heavy atom. The fourth-order valence-electron chi connectivity index (χ4n) is 5.64. The second-order valence-corrected chi connectivity index (χ2v) is 9.75. The van der Waals surface area contributed by atoms with E-state index in [1.54, 1.807) is 0 Å². The van der Waals surface area contributed by atoms with Crippen molar-refractivity contribution >= 4 is 6.09 Å². The molecule has 0 radical (unpaired) electrons. The van der Waals surface area contributed by atoms with Crippen molar-refractivity contribution in [1.29, 1.82) is 0 Å². The van der Waals surface area contributed by atoms with Crippen molar-refractivity contribution in [1.82, 2.24) is 19.6 Å². The molecule has 5 heterocycles. The van der Waals surface area contributed by atoms with E-state index < -0.39 is 5.60 Å². The average molecular weight is 365 g/mol. The number of nitrogens with zero attached hydrogens (tertiary/aromatic N) is 4. The van der Waals surface area contributed by atoms with Gasteiger partial charge in [0.2, 0.25) is 0 Å². The number of fused-ring (bicyclic) bond motifs is 2. The lowest BCUT2D eigenvalue weighted by molar-refractivity contribution is -0.00235. The molecule has 3 atom stereocenters. The van der Waals surface area contributed by atoms with Crippen LogP contribution in [0.15, 0.2) is 0 Å². The minimum absolute atomic E-state index is 0.162. The fraction of sp³-hybridized carbons (Fsp3) is 0.950. The molecule has 6 nitrogen and oxygen atoms in total. The summed E-state index contributed by atoms with van der Waals surface area (Å²) in [5, 5.41) is 0. The number of rotatable bonds is 2. The van der Waals surface area contributed by atoms with E-state index in [1.165, 1.54) is 32.4 Å². The highest BCUT2D eigenvalue weighted by Gasteiger charge is 2.50. The molecule has 1 amide bonds. The lowest BCUT2D eigenvalue weighted by atomic mass is 9.79. The maximum absolute atomic E-state index is 12.2. The summed E-state index contributed by atoms with van der Waals surface area (Å²) >= 11 is 0. The summed E-state index contributed by atoms with van der Waals surface area (Å²) in [6, 6.07) is 2.24. The smallest absolute Gasteiger partial charge is 0.410 e. The highest BCUT2D eigenvalue weighted by Crippen LogP contribution is 2.42. The molecule has 148 valence electrons. The van der Waals surface area contributed by atoms with Crippen molar-refractivity contribution in [2.24, 2.45) is 5.92 Å². The zero-order valence-corrected chi connectivity index (χ0v) is 17.0. The van der Waals surface area contributed by atoms with Crippen molar-refractivity contribution in [2.75, 3.05) is 52.9 Å². The summed E-state index contributed by atoms with van der Waals surface area (Å²) in [6.07, 6.45) is 3.95. The molecular weight excluding hydrogens is 328 g/mol. The molecule has 5 fully saturated rings. The van der Waals surface area contributed by atoms with Crippen LogP contribution in [-0.4, -0.2) is 102 Å². The Balaban J connectivity index is 1.28. The van der Waals surface area contributed by atoms with Gasteiger partial charge >= 0.3 is 6.09 Å². The number of hydrogen-bond acceptors (Lipinski definition) is 5. The van der Waals surface area contributed by atoms with Crippen LogP contribution < -0.4 is 0 Å². The van der Waals surface area contributed by atoms with E-state index in [1.807, 2.05) is 25.7 Å². The first-order valence-electron chi connectivity index (χ1n) is 10.5. The van der Waals surface area contributed by atoms with Crippen molar-refractivity contribution in [3.8, 4) is 0 Å². The minimum Gasteiger partial charge on any atom is -0.444 e. The number of carbonyl (C=O) groups is 1. The van der Waals surface area contributed by atoms with Crippen molar-refractivity contribution in [3.63, 3.8) is 0 Å². The van der Waals surface area contributed by atoms with Crippen molar-refractivity contribution < 1.29 is 9.53 Å². The lowest BCUT2D eigenvalue weighted by Gasteiger charge is -2.49. The van der Waals surface area contributed by atoms with Crippen molar-refractivity contribution in [2.45, 2.75) is 63.8 Å². The van der Waals surface area contributed by atoms with Gasteiger partial charge < -0.3 is 9.64 Å².